The molecule has 21 heavy (non-hydrogen) atoms. The fourth-order valence-corrected chi connectivity index (χ4v) is 3.98. The van der Waals surface area contributed by atoms with Gasteiger partial charge in [0.05, 0.1) is 6.07 Å². The maximum atomic E-state index is 12.8. The Balaban J connectivity index is 1.78. The molecule has 1 saturated carbocycles. The fourth-order valence-electron chi connectivity index (χ4n) is 3.98. The van der Waals surface area contributed by atoms with Crippen LogP contribution in [-0.2, 0) is 4.79 Å². The monoisotopic (exact) mass is 282 g/mol. The largest absolute Gasteiger partial charge is 0.338 e. The maximum Gasteiger partial charge on any atom is 0.244 e. The normalized spacial score (nSPS) is 24.0. The fraction of sp³-hybridized carbons (Fsp3) is 0.556. The van der Waals surface area contributed by atoms with Gasteiger partial charge >= 0.3 is 0 Å². The lowest BCUT2D eigenvalue weighted by Crippen LogP contribution is -2.41. The minimum atomic E-state index is -0.645. The van der Waals surface area contributed by atoms with Crippen molar-refractivity contribution in [2.24, 2.45) is 5.92 Å². The standard InChI is InChI=1S/C18H22N2O/c19-13-16(14-7-2-1-3-8-14)18(21)20-12-6-11-17(20)15-9-4-5-10-15/h1-3,7-8,15-17H,4-6,9-12H2. The minimum absolute atomic E-state index is 0.0121. The SMILES string of the molecule is N#CC(C(=O)N1CCCC1C1CCCC1)c1ccccc1. The van der Waals surface area contributed by atoms with Crippen LogP contribution in [0.5, 0.6) is 0 Å². The van der Waals surface area contributed by atoms with Gasteiger partial charge in [-0.05, 0) is 37.2 Å². The molecule has 1 amide bonds. The highest BCUT2D eigenvalue weighted by Crippen LogP contribution is 2.36. The molecule has 1 aromatic rings. The molecule has 0 spiro atoms. The van der Waals surface area contributed by atoms with Crippen molar-refractivity contribution in [3.63, 3.8) is 0 Å². The van der Waals surface area contributed by atoms with Crippen molar-refractivity contribution in [1.82, 2.24) is 4.90 Å². The summed E-state index contributed by atoms with van der Waals surface area (Å²) in [5.41, 5.74) is 0.821. The summed E-state index contributed by atoms with van der Waals surface area (Å²) in [5, 5.41) is 9.46. The van der Waals surface area contributed by atoms with Gasteiger partial charge in [0.1, 0.15) is 5.92 Å². The molecule has 2 aliphatic rings. The number of benzene rings is 1. The summed E-state index contributed by atoms with van der Waals surface area (Å²) in [6.45, 7) is 0.824. The Morgan fingerprint density at radius 3 is 2.52 bits per heavy atom. The van der Waals surface area contributed by atoms with Crippen LogP contribution in [0.15, 0.2) is 30.3 Å². The number of rotatable bonds is 3. The van der Waals surface area contributed by atoms with Crippen LogP contribution in [0.4, 0.5) is 0 Å². The van der Waals surface area contributed by atoms with Crippen molar-refractivity contribution in [3.8, 4) is 6.07 Å². The predicted molar refractivity (Wildman–Crippen MR) is 81.5 cm³/mol. The molecule has 0 radical (unpaired) electrons. The molecule has 110 valence electrons. The van der Waals surface area contributed by atoms with Crippen LogP contribution in [0.2, 0.25) is 0 Å². The number of nitriles is 1. The first kappa shape index (κ1) is 14.1. The number of carbonyl (C=O) groups excluding carboxylic acids is 1. The zero-order valence-electron chi connectivity index (χ0n) is 12.4. The topological polar surface area (TPSA) is 44.1 Å². The molecular weight excluding hydrogens is 260 g/mol. The van der Waals surface area contributed by atoms with E-state index in [0.717, 1.165) is 24.9 Å². The van der Waals surface area contributed by atoms with E-state index in [1.165, 1.54) is 25.7 Å². The number of likely N-dealkylation sites (tertiary alicyclic amines) is 1. The van der Waals surface area contributed by atoms with Gasteiger partial charge in [-0.15, -0.1) is 0 Å². The molecule has 3 rings (SSSR count). The number of nitrogens with zero attached hydrogens (tertiary/aromatic N) is 2. The van der Waals surface area contributed by atoms with Crippen molar-refractivity contribution in [3.05, 3.63) is 35.9 Å². The molecule has 0 aromatic heterocycles. The van der Waals surface area contributed by atoms with Gasteiger partial charge in [-0.1, -0.05) is 43.2 Å². The molecule has 1 aliphatic carbocycles. The summed E-state index contributed by atoms with van der Waals surface area (Å²) in [6, 6.07) is 12.1. The molecule has 3 nitrogen and oxygen atoms in total. The Labute approximate surface area is 126 Å². The first-order chi connectivity index (χ1) is 10.3. The summed E-state index contributed by atoms with van der Waals surface area (Å²) in [6.07, 6.45) is 7.28. The van der Waals surface area contributed by atoms with Crippen LogP contribution >= 0.6 is 0 Å². The van der Waals surface area contributed by atoms with E-state index in [2.05, 4.69) is 6.07 Å². The molecule has 1 heterocycles. The Morgan fingerprint density at radius 1 is 1.14 bits per heavy atom. The van der Waals surface area contributed by atoms with Crippen LogP contribution in [0.1, 0.15) is 50.0 Å². The van der Waals surface area contributed by atoms with Crippen molar-refractivity contribution in [2.75, 3.05) is 6.54 Å². The lowest BCUT2D eigenvalue weighted by atomic mass is 9.94. The van der Waals surface area contributed by atoms with E-state index in [9.17, 15) is 10.1 Å². The first-order valence-corrected chi connectivity index (χ1v) is 8.06. The molecule has 1 saturated heterocycles. The number of carbonyl (C=O) groups is 1. The summed E-state index contributed by atoms with van der Waals surface area (Å²) in [7, 11) is 0. The number of amides is 1. The van der Waals surface area contributed by atoms with E-state index >= 15 is 0 Å². The first-order valence-electron chi connectivity index (χ1n) is 8.06. The molecule has 1 aliphatic heterocycles. The average molecular weight is 282 g/mol. The second-order valence-electron chi connectivity index (χ2n) is 6.26. The zero-order chi connectivity index (χ0) is 14.7. The second kappa shape index (κ2) is 6.30. The molecule has 2 unspecified atom stereocenters. The Kier molecular flexibility index (Phi) is 4.24. The van der Waals surface area contributed by atoms with Crippen LogP contribution in [0.25, 0.3) is 0 Å². The van der Waals surface area contributed by atoms with Gasteiger partial charge in [0.2, 0.25) is 5.91 Å². The summed E-state index contributed by atoms with van der Waals surface area (Å²) >= 11 is 0. The molecule has 3 heteroatoms. The van der Waals surface area contributed by atoms with Crippen LogP contribution < -0.4 is 0 Å². The van der Waals surface area contributed by atoms with Crippen molar-refractivity contribution in [1.29, 1.82) is 5.26 Å². The van der Waals surface area contributed by atoms with Crippen molar-refractivity contribution >= 4 is 5.91 Å². The third-order valence-electron chi connectivity index (χ3n) is 5.04. The highest BCUT2D eigenvalue weighted by atomic mass is 16.2. The van der Waals surface area contributed by atoms with E-state index in [-0.39, 0.29) is 5.91 Å². The van der Waals surface area contributed by atoms with Gasteiger partial charge in [0.15, 0.2) is 0 Å². The van der Waals surface area contributed by atoms with E-state index in [1.807, 2.05) is 35.2 Å². The van der Waals surface area contributed by atoms with Gasteiger partial charge in [-0.3, -0.25) is 4.79 Å². The summed E-state index contributed by atoms with van der Waals surface area (Å²) < 4.78 is 0. The van der Waals surface area contributed by atoms with Gasteiger partial charge < -0.3 is 4.90 Å². The predicted octanol–water partition coefficient (Wildman–Crippen LogP) is 3.47. The maximum absolute atomic E-state index is 12.8. The minimum Gasteiger partial charge on any atom is -0.338 e. The van der Waals surface area contributed by atoms with E-state index in [4.69, 9.17) is 0 Å². The van der Waals surface area contributed by atoms with Crippen LogP contribution in [0, 0.1) is 17.2 Å². The highest BCUT2D eigenvalue weighted by molar-refractivity contribution is 5.87. The Bertz CT molecular complexity index is 528. The smallest absolute Gasteiger partial charge is 0.244 e. The van der Waals surface area contributed by atoms with Gasteiger partial charge in [0, 0.05) is 12.6 Å². The van der Waals surface area contributed by atoms with Crippen LogP contribution in [-0.4, -0.2) is 23.4 Å². The lowest BCUT2D eigenvalue weighted by molar-refractivity contribution is -0.133. The third-order valence-corrected chi connectivity index (χ3v) is 5.04. The quantitative estimate of drug-likeness (QED) is 0.852. The van der Waals surface area contributed by atoms with Gasteiger partial charge in [-0.2, -0.15) is 5.26 Å². The number of hydrogen-bond donors (Lipinski definition) is 0. The van der Waals surface area contributed by atoms with Gasteiger partial charge in [-0.25, -0.2) is 0 Å². The van der Waals surface area contributed by atoms with Gasteiger partial charge in [0.25, 0.3) is 0 Å². The van der Waals surface area contributed by atoms with E-state index < -0.39 is 5.92 Å². The van der Waals surface area contributed by atoms with Crippen molar-refractivity contribution in [2.45, 2.75) is 50.5 Å². The number of hydrogen-bond acceptors (Lipinski definition) is 2. The Morgan fingerprint density at radius 2 is 1.86 bits per heavy atom. The molecule has 2 fully saturated rings. The third kappa shape index (κ3) is 2.81. The molecule has 2 atom stereocenters. The summed E-state index contributed by atoms with van der Waals surface area (Å²) in [4.78, 5) is 14.9. The summed E-state index contributed by atoms with van der Waals surface area (Å²) in [5.74, 6) is 0.0258. The van der Waals surface area contributed by atoms with Crippen LogP contribution in [0.3, 0.4) is 0 Å². The van der Waals surface area contributed by atoms with Crippen molar-refractivity contribution < 1.29 is 4.79 Å². The molecule has 0 bridgehead atoms. The van der Waals surface area contributed by atoms with E-state index in [0.29, 0.717) is 12.0 Å². The highest BCUT2D eigenvalue weighted by Gasteiger charge is 2.38. The lowest BCUT2D eigenvalue weighted by Gasteiger charge is -2.31. The molecule has 1 aromatic carbocycles. The average Bonchev–Trinajstić information content (AvgIpc) is 3.20. The van der Waals surface area contributed by atoms with E-state index in [1.54, 1.807) is 0 Å². The second-order valence-corrected chi connectivity index (χ2v) is 6.26. The molecular formula is C18H22N2O. The Hall–Kier alpha value is -1.82. The zero-order valence-corrected chi connectivity index (χ0v) is 12.4. The molecule has 0 N–H and O–H groups in total.